The minimum Gasteiger partial charge on any atom is -0.492 e. The number of nitrogens with one attached hydrogen (secondary N) is 1. The van der Waals surface area contributed by atoms with E-state index in [4.69, 9.17) is 4.74 Å². The Morgan fingerprint density at radius 2 is 2.16 bits per heavy atom. The van der Waals surface area contributed by atoms with E-state index in [1.165, 1.54) is 12.0 Å². The van der Waals surface area contributed by atoms with Crippen LogP contribution in [-0.2, 0) is 0 Å². The second-order valence-electron chi connectivity index (χ2n) is 5.64. The molecule has 2 rings (SSSR count). The van der Waals surface area contributed by atoms with Gasteiger partial charge in [0.2, 0.25) is 0 Å². The van der Waals surface area contributed by atoms with Crippen molar-refractivity contribution < 1.29 is 4.74 Å². The maximum atomic E-state index is 5.92. The molecule has 1 N–H and O–H groups in total. The van der Waals surface area contributed by atoms with E-state index in [-0.39, 0.29) is 0 Å². The summed E-state index contributed by atoms with van der Waals surface area (Å²) in [7, 11) is 4.25. The van der Waals surface area contributed by atoms with Gasteiger partial charge in [-0.2, -0.15) is 0 Å². The van der Waals surface area contributed by atoms with E-state index in [0.717, 1.165) is 24.8 Å². The van der Waals surface area contributed by atoms with Crippen molar-refractivity contribution in [1.82, 2.24) is 10.2 Å². The van der Waals surface area contributed by atoms with Gasteiger partial charge in [0.25, 0.3) is 0 Å². The lowest BCUT2D eigenvalue weighted by atomic mass is 9.94. The largest absolute Gasteiger partial charge is 0.492 e. The minimum absolute atomic E-state index is 0.346. The van der Waals surface area contributed by atoms with E-state index in [1.54, 1.807) is 0 Å². The molecule has 0 aromatic heterocycles. The van der Waals surface area contributed by atoms with Gasteiger partial charge in [-0.25, -0.2) is 0 Å². The fourth-order valence-electron chi connectivity index (χ4n) is 2.83. The molecular formula is C16H26N2O. The molecule has 19 heavy (non-hydrogen) atoms. The number of nitrogens with zero attached hydrogens (tertiary/aromatic N) is 1. The molecule has 0 bridgehead atoms. The molecule has 3 heteroatoms. The van der Waals surface area contributed by atoms with E-state index >= 15 is 0 Å². The number of likely N-dealkylation sites (N-methyl/N-ethyl adjacent to an activating group) is 2. The van der Waals surface area contributed by atoms with Gasteiger partial charge in [-0.15, -0.1) is 0 Å². The Morgan fingerprint density at radius 3 is 2.84 bits per heavy atom. The molecule has 1 aliphatic heterocycles. The Kier molecular flexibility index (Phi) is 4.83. The summed E-state index contributed by atoms with van der Waals surface area (Å²) < 4.78 is 5.92. The quantitative estimate of drug-likeness (QED) is 0.883. The van der Waals surface area contributed by atoms with Crippen LogP contribution in [0.25, 0.3) is 0 Å². The second kappa shape index (κ2) is 6.40. The monoisotopic (exact) mass is 262 g/mol. The van der Waals surface area contributed by atoms with Crippen LogP contribution < -0.4 is 10.1 Å². The lowest BCUT2D eigenvalue weighted by Crippen LogP contribution is -2.49. The summed E-state index contributed by atoms with van der Waals surface area (Å²) in [4.78, 5) is 2.44. The predicted octanol–water partition coefficient (Wildman–Crippen LogP) is 2.69. The van der Waals surface area contributed by atoms with Crippen molar-refractivity contribution in [1.29, 1.82) is 0 Å². The third-order valence-corrected chi connectivity index (χ3v) is 4.22. The van der Waals surface area contributed by atoms with Crippen molar-refractivity contribution in [3.8, 4) is 5.75 Å². The maximum Gasteiger partial charge on any atom is 0.124 e. The standard InChI is InChI=1S/C16H26N2O/c1-5-12(2)10-18(4)14-11-19-15-9-7-6-8-13(15)16(14)17-3/h6-9,12,14,16-17H,5,10-11H2,1-4H3. The van der Waals surface area contributed by atoms with Gasteiger partial charge < -0.3 is 10.1 Å². The van der Waals surface area contributed by atoms with Crippen LogP contribution in [0.1, 0.15) is 31.9 Å². The van der Waals surface area contributed by atoms with Gasteiger partial charge in [0, 0.05) is 12.1 Å². The maximum absolute atomic E-state index is 5.92. The zero-order chi connectivity index (χ0) is 13.8. The van der Waals surface area contributed by atoms with Gasteiger partial charge in [-0.05, 0) is 26.1 Å². The number of ether oxygens (including phenoxy) is 1. The van der Waals surface area contributed by atoms with Crippen LogP contribution in [-0.4, -0.2) is 38.2 Å². The zero-order valence-electron chi connectivity index (χ0n) is 12.5. The molecular weight excluding hydrogens is 236 g/mol. The van der Waals surface area contributed by atoms with E-state index in [0.29, 0.717) is 12.1 Å². The van der Waals surface area contributed by atoms with Crippen molar-refractivity contribution in [3.63, 3.8) is 0 Å². The number of rotatable bonds is 5. The van der Waals surface area contributed by atoms with Gasteiger partial charge in [0.05, 0.1) is 12.1 Å². The number of para-hydroxylation sites is 1. The van der Waals surface area contributed by atoms with Crippen LogP contribution in [0.5, 0.6) is 5.75 Å². The fourth-order valence-corrected chi connectivity index (χ4v) is 2.83. The Bertz CT molecular complexity index is 407. The van der Waals surface area contributed by atoms with E-state index in [2.05, 4.69) is 49.3 Å². The summed E-state index contributed by atoms with van der Waals surface area (Å²) >= 11 is 0. The van der Waals surface area contributed by atoms with Gasteiger partial charge in [0.15, 0.2) is 0 Å². The Hall–Kier alpha value is -1.06. The third-order valence-electron chi connectivity index (χ3n) is 4.22. The smallest absolute Gasteiger partial charge is 0.124 e. The fraction of sp³-hybridized carbons (Fsp3) is 0.625. The summed E-state index contributed by atoms with van der Waals surface area (Å²) in [5, 5.41) is 3.46. The first-order valence-electron chi connectivity index (χ1n) is 7.26. The first-order valence-corrected chi connectivity index (χ1v) is 7.26. The highest BCUT2D eigenvalue weighted by Crippen LogP contribution is 2.33. The molecule has 3 atom stereocenters. The Morgan fingerprint density at radius 1 is 1.42 bits per heavy atom. The summed E-state index contributed by atoms with van der Waals surface area (Å²) in [6.45, 7) is 6.43. The van der Waals surface area contributed by atoms with Crippen LogP contribution in [0.4, 0.5) is 0 Å². The summed E-state index contributed by atoms with van der Waals surface area (Å²) in [6, 6.07) is 9.09. The minimum atomic E-state index is 0.346. The highest BCUT2D eigenvalue weighted by molar-refractivity contribution is 5.38. The molecule has 0 saturated heterocycles. The Labute approximate surface area is 116 Å². The van der Waals surface area contributed by atoms with Crippen LogP contribution in [0.15, 0.2) is 24.3 Å². The molecule has 1 aliphatic rings. The summed E-state index contributed by atoms with van der Waals surface area (Å²) in [5.41, 5.74) is 1.28. The number of fused-ring (bicyclic) bond motifs is 1. The van der Waals surface area contributed by atoms with Crippen molar-refractivity contribution in [3.05, 3.63) is 29.8 Å². The van der Waals surface area contributed by atoms with Gasteiger partial charge in [0.1, 0.15) is 12.4 Å². The molecule has 0 aliphatic carbocycles. The third kappa shape index (κ3) is 3.10. The molecule has 0 spiro atoms. The SMILES string of the molecule is CCC(C)CN(C)C1COc2ccccc2C1NC. The van der Waals surface area contributed by atoms with Crippen molar-refractivity contribution in [2.24, 2.45) is 5.92 Å². The van der Waals surface area contributed by atoms with Gasteiger partial charge >= 0.3 is 0 Å². The lowest BCUT2D eigenvalue weighted by Gasteiger charge is -2.39. The highest BCUT2D eigenvalue weighted by atomic mass is 16.5. The van der Waals surface area contributed by atoms with E-state index < -0.39 is 0 Å². The molecule has 0 saturated carbocycles. The average Bonchev–Trinajstić information content (AvgIpc) is 2.45. The molecule has 3 unspecified atom stereocenters. The Balaban J connectivity index is 2.15. The summed E-state index contributed by atoms with van der Waals surface area (Å²) in [6.07, 6.45) is 1.22. The van der Waals surface area contributed by atoms with Crippen molar-refractivity contribution >= 4 is 0 Å². The van der Waals surface area contributed by atoms with Crippen LogP contribution in [0.3, 0.4) is 0 Å². The lowest BCUT2D eigenvalue weighted by molar-refractivity contribution is 0.0976. The molecule has 0 amide bonds. The van der Waals surface area contributed by atoms with Crippen LogP contribution in [0.2, 0.25) is 0 Å². The van der Waals surface area contributed by atoms with Crippen molar-refractivity contribution in [2.75, 3.05) is 27.2 Å². The number of hydrogen-bond acceptors (Lipinski definition) is 3. The molecule has 1 aromatic carbocycles. The van der Waals surface area contributed by atoms with Gasteiger partial charge in [-0.1, -0.05) is 38.5 Å². The van der Waals surface area contributed by atoms with Crippen LogP contribution in [0, 0.1) is 5.92 Å². The molecule has 0 radical (unpaired) electrons. The first-order chi connectivity index (χ1) is 9.17. The topological polar surface area (TPSA) is 24.5 Å². The summed E-state index contributed by atoms with van der Waals surface area (Å²) in [5.74, 6) is 1.75. The van der Waals surface area contributed by atoms with Crippen LogP contribution >= 0.6 is 0 Å². The molecule has 0 fully saturated rings. The highest BCUT2D eigenvalue weighted by Gasteiger charge is 2.32. The molecule has 1 aromatic rings. The zero-order valence-corrected chi connectivity index (χ0v) is 12.5. The van der Waals surface area contributed by atoms with E-state index in [9.17, 15) is 0 Å². The molecule has 106 valence electrons. The predicted molar refractivity (Wildman–Crippen MR) is 79.6 cm³/mol. The number of benzene rings is 1. The molecule has 1 heterocycles. The average molecular weight is 262 g/mol. The number of hydrogen-bond donors (Lipinski definition) is 1. The van der Waals surface area contributed by atoms with Gasteiger partial charge in [-0.3, -0.25) is 4.90 Å². The van der Waals surface area contributed by atoms with Crippen molar-refractivity contribution in [2.45, 2.75) is 32.4 Å². The molecule has 3 nitrogen and oxygen atoms in total. The van der Waals surface area contributed by atoms with E-state index in [1.807, 2.05) is 13.1 Å². The first kappa shape index (κ1) is 14.4. The normalized spacial score (nSPS) is 23.8. The second-order valence-corrected chi connectivity index (χ2v) is 5.64.